The summed E-state index contributed by atoms with van der Waals surface area (Å²) in [6.07, 6.45) is 0.833. The molecule has 6 nitrogen and oxygen atoms in total. The Morgan fingerprint density at radius 2 is 1.71 bits per heavy atom. The molecule has 178 valence electrons. The number of rotatable bonds is 5. The van der Waals surface area contributed by atoms with Gasteiger partial charge in [-0.25, -0.2) is 0 Å². The first-order valence-corrected chi connectivity index (χ1v) is 11.5. The van der Waals surface area contributed by atoms with Crippen LogP contribution >= 0.6 is 0 Å². The van der Waals surface area contributed by atoms with Crippen LogP contribution in [0.5, 0.6) is 5.75 Å². The van der Waals surface area contributed by atoms with Crippen molar-refractivity contribution in [2.75, 3.05) is 4.90 Å². The van der Waals surface area contributed by atoms with Crippen molar-refractivity contribution in [3.8, 4) is 5.75 Å². The minimum Gasteiger partial charge on any atom is -0.507 e. The summed E-state index contributed by atoms with van der Waals surface area (Å²) in [5, 5.41) is 11.4. The number of amides is 1. The van der Waals surface area contributed by atoms with E-state index in [0.717, 1.165) is 23.1 Å². The van der Waals surface area contributed by atoms with Gasteiger partial charge in [-0.1, -0.05) is 48.9 Å². The average molecular weight is 470 g/mol. The van der Waals surface area contributed by atoms with E-state index in [1.807, 2.05) is 45.0 Å². The maximum atomic E-state index is 13.4. The molecule has 1 aliphatic heterocycles. The smallest absolute Gasteiger partial charge is 0.308 e. The number of aliphatic hydroxyl groups is 1. The third-order valence-electron chi connectivity index (χ3n) is 6.15. The second kappa shape index (κ2) is 9.58. The van der Waals surface area contributed by atoms with Crippen LogP contribution in [0.15, 0.2) is 72.3 Å². The molecule has 0 saturated carbocycles. The maximum Gasteiger partial charge on any atom is 0.308 e. The van der Waals surface area contributed by atoms with Gasteiger partial charge in [0.2, 0.25) is 0 Å². The highest BCUT2D eigenvalue weighted by Gasteiger charge is 2.47. The number of ketones is 1. The van der Waals surface area contributed by atoms with Crippen LogP contribution in [0.3, 0.4) is 0 Å². The number of aryl methyl sites for hydroxylation is 3. The molecule has 3 aromatic rings. The Balaban J connectivity index is 1.95. The zero-order chi connectivity index (χ0) is 25.3. The van der Waals surface area contributed by atoms with E-state index in [1.165, 1.54) is 11.8 Å². The predicted molar refractivity (Wildman–Crippen MR) is 134 cm³/mol. The van der Waals surface area contributed by atoms with Crippen molar-refractivity contribution in [2.24, 2.45) is 0 Å². The fraction of sp³-hybridized carbons (Fsp3) is 0.207. The molecule has 1 unspecified atom stereocenters. The molecule has 4 rings (SSSR count). The van der Waals surface area contributed by atoms with Gasteiger partial charge >= 0.3 is 5.97 Å². The summed E-state index contributed by atoms with van der Waals surface area (Å²) in [6, 6.07) is 18.7. The van der Waals surface area contributed by atoms with Gasteiger partial charge in [-0.05, 0) is 67.3 Å². The Morgan fingerprint density at radius 1 is 1.00 bits per heavy atom. The SMILES string of the molecule is CCc1ccc(N2C(=O)C(=O)/C(=C(/O)c3cc(C)ccc3C)C2c2cccc(OC(C)=O)c2)cc1. The van der Waals surface area contributed by atoms with Crippen molar-refractivity contribution >= 4 is 29.1 Å². The number of carbonyl (C=O) groups excluding carboxylic acids is 3. The lowest BCUT2D eigenvalue weighted by Crippen LogP contribution is -2.29. The summed E-state index contributed by atoms with van der Waals surface area (Å²) in [4.78, 5) is 39.7. The third-order valence-corrected chi connectivity index (χ3v) is 6.15. The van der Waals surface area contributed by atoms with Crippen LogP contribution in [0.2, 0.25) is 0 Å². The lowest BCUT2D eigenvalue weighted by molar-refractivity contribution is -0.132. The monoisotopic (exact) mass is 469 g/mol. The topological polar surface area (TPSA) is 83.9 Å². The first-order chi connectivity index (χ1) is 16.7. The highest BCUT2D eigenvalue weighted by Crippen LogP contribution is 2.43. The molecule has 1 aliphatic rings. The fourth-order valence-electron chi connectivity index (χ4n) is 4.36. The summed E-state index contributed by atoms with van der Waals surface area (Å²) in [6.45, 7) is 7.06. The molecule has 0 bridgehead atoms. The Morgan fingerprint density at radius 3 is 2.37 bits per heavy atom. The van der Waals surface area contributed by atoms with E-state index in [4.69, 9.17) is 4.74 Å². The van der Waals surface area contributed by atoms with Crippen molar-refractivity contribution in [3.63, 3.8) is 0 Å². The quantitative estimate of drug-likeness (QED) is 0.177. The predicted octanol–water partition coefficient (Wildman–Crippen LogP) is 5.42. The van der Waals surface area contributed by atoms with Crippen molar-refractivity contribution in [2.45, 2.75) is 40.2 Å². The highest BCUT2D eigenvalue weighted by atomic mass is 16.5. The second-order valence-corrected chi connectivity index (χ2v) is 8.67. The first kappa shape index (κ1) is 24.0. The van der Waals surface area contributed by atoms with Crippen molar-refractivity contribution in [1.82, 2.24) is 0 Å². The number of ether oxygens (including phenoxy) is 1. The maximum absolute atomic E-state index is 13.4. The van der Waals surface area contributed by atoms with Gasteiger partial charge in [0.25, 0.3) is 11.7 Å². The molecule has 1 amide bonds. The number of benzene rings is 3. The molecule has 1 heterocycles. The normalized spacial score (nSPS) is 17.0. The minimum atomic E-state index is -0.905. The zero-order valence-corrected chi connectivity index (χ0v) is 20.2. The average Bonchev–Trinajstić information content (AvgIpc) is 3.10. The van der Waals surface area contributed by atoms with Gasteiger partial charge in [-0.3, -0.25) is 19.3 Å². The molecule has 35 heavy (non-hydrogen) atoms. The summed E-state index contributed by atoms with van der Waals surface area (Å²) < 4.78 is 5.25. The van der Waals surface area contributed by atoms with Crippen LogP contribution in [0.25, 0.3) is 5.76 Å². The molecule has 1 saturated heterocycles. The number of carbonyl (C=O) groups is 3. The summed E-state index contributed by atoms with van der Waals surface area (Å²) >= 11 is 0. The minimum absolute atomic E-state index is 0.0109. The lowest BCUT2D eigenvalue weighted by Gasteiger charge is -2.26. The van der Waals surface area contributed by atoms with Crippen LogP contribution in [-0.2, 0) is 20.8 Å². The number of esters is 1. The van der Waals surface area contributed by atoms with E-state index in [9.17, 15) is 19.5 Å². The molecule has 3 aromatic carbocycles. The Hall–Kier alpha value is -4.19. The number of Topliss-reactive ketones (excluding diaryl/α,β-unsaturated/α-hetero) is 1. The van der Waals surface area contributed by atoms with Crippen LogP contribution in [0, 0.1) is 13.8 Å². The van der Waals surface area contributed by atoms with E-state index >= 15 is 0 Å². The molecule has 1 N–H and O–H groups in total. The number of anilines is 1. The molecule has 0 aromatic heterocycles. The molecule has 0 radical (unpaired) electrons. The number of nitrogens with zero attached hydrogens (tertiary/aromatic N) is 1. The van der Waals surface area contributed by atoms with Crippen LogP contribution < -0.4 is 9.64 Å². The summed E-state index contributed by atoms with van der Waals surface area (Å²) in [5.74, 6) is -1.94. The Labute approximate surface area is 204 Å². The molecular formula is C29H27NO5. The van der Waals surface area contributed by atoms with Gasteiger partial charge < -0.3 is 9.84 Å². The lowest BCUT2D eigenvalue weighted by atomic mass is 9.93. The van der Waals surface area contributed by atoms with Gasteiger partial charge in [0, 0.05) is 18.2 Å². The van der Waals surface area contributed by atoms with Gasteiger partial charge in [0.1, 0.15) is 11.5 Å². The van der Waals surface area contributed by atoms with E-state index < -0.39 is 23.7 Å². The van der Waals surface area contributed by atoms with E-state index in [2.05, 4.69) is 0 Å². The molecule has 1 atom stereocenters. The molecule has 1 fully saturated rings. The van der Waals surface area contributed by atoms with Crippen molar-refractivity contribution in [3.05, 3.63) is 100 Å². The molecule has 0 spiro atoms. The number of hydrogen-bond donors (Lipinski definition) is 1. The molecule has 0 aliphatic carbocycles. The van der Waals surface area contributed by atoms with E-state index in [1.54, 1.807) is 42.5 Å². The molecular weight excluding hydrogens is 442 g/mol. The van der Waals surface area contributed by atoms with E-state index in [0.29, 0.717) is 16.8 Å². The standard InChI is InChI=1S/C29H27NO5/c1-5-20-11-13-22(14-12-20)30-26(21-7-6-8-23(16-21)35-19(4)31)25(28(33)29(30)34)27(32)24-15-17(2)9-10-18(24)3/h6-16,26,32H,5H2,1-4H3/b27-25+. The van der Waals surface area contributed by atoms with Crippen molar-refractivity contribution in [1.29, 1.82) is 0 Å². The first-order valence-electron chi connectivity index (χ1n) is 11.5. The zero-order valence-electron chi connectivity index (χ0n) is 20.2. The second-order valence-electron chi connectivity index (χ2n) is 8.67. The van der Waals surface area contributed by atoms with Crippen molar-refractivity contribution < 1.29 is 24.2 Å². The number of hydrogen-bond acceptors (Lipinski definition) is 5. The fourth-order valence-corrected chi connectivity index (χ4v) is 4.36. The van der Waals surface area contributed by atoms with Gasteiger partial charge in [-0.15, -0.1) is 0 Å². The van der Waals surface area contributed by atoms with Gasteiger partial charge in [0.15, 0.2) is 0 Å². The van der Waals surface area contributed by atoms with Crippen LogP contribution in [0.1, 0.15) is 47.7 Å². The van der Waals surface area contributed by atoms with Crippen LogP contribution in [0.4, 0.5) is 5.69 Å². The third kappa shape index (κ3) is 4.60. The van der Waals surface area contributed by atoms with E-state index in [-0.39, 0.29) is 17.1 Å². The number of aliphatic hydroxyl groups excluding tert-OH is 1. The summed E-state index contributed by atoms with van der Waals surface area (Å²) in [7, 11) is 0. The highest BCUT2D eigenvalue weighted by molar-refractivity contribution is 6.51. The van der Waals surface area contributed by atoms with Gasteiger partial charge in [-0.2, -0.15) is 0 Å². The van der Waals surface area contributed by atoms with Crippen LogP contribution in [-0.4, -0.2) is 22.8 Å². The summed E-state index contributed by atoms with van der Waals surface area (Å²) in [5.41, 5.74) is 4.33. The Bertz CT molecular complexity index is 1350. The largest absolute Gasteiger partial charge is 0.507 e. The Kier molecular flexibility index (Phi) is 6.56. The molecule has 6 heteroatoms. The van der Waals surface area contributed by atoms with Gasteiger partial charge in [0.05, 0.1) is 11.6 Å².